The Hall–Kier alpha value is -1.90. The van der Waals surface area contributed by atoms with Crippen molar-refractivity contribution < 1.29 is 38.1 Å². The molecule has 7 rings (SSSR count). The number of esters is 2. The van der Waals surface area contributed by atoms with Gasteiger partial charge < -0.3 is 28.5 Å². The minimum Gasteiger partial charge on any atom is -0.472 e. The number of fused-ring (bicyclic) bond motifs is 1. The molecule has 184 valence electrons. The molecule has 8 heteroatoms. The highest BCUT2D eigenvalue weighted by molar-refractivity contribution is 5.82. The Labute approximate surface area is 198 Å². The molecule has 0 amide bonds. The van der Waals surface area contributed by atoms with Gasteiger partial charge in [-0.25, -0.2) is 4.79 Å². The number of furan rings is 1. The molecule has 2 spiro atoms. The summed E-state index contributed by atoms with van der Waals surface area (Å²) in [5.74, 6) is -0.625. The van der Waals surface area contributed by atoms with Gasteiger partial charge >= 0.3 is 11.9 Å². The summed E-state index contributed by atoms with van der Waals surface area (Å²) in [6, 6.07) is 1.84. The molecule has 1 N–H and O–H groups in total. The van der Waals surface area contributed by atoms with Crippen LogP contribution < -0.4 is 0 Å². The third-order valence-electron chi connectivity index (χ3n) is 11.0. The van der Waals surface area contributed by atoms with Crippen molar-refractivity contribution in [3.63, 3.8) is 0 Å². The SMILES string of the molecule is CC1(C)O[C@H]2CC(=O)OC[C@]23[C@H]2CC[C@@]4(C)C(c5ccoc5)OC(=O)C5O[C@]54[C@]2(C)C(O)C[C@@H]13. The molecule has 8 nitrogen and oxygen atoms in total. The molecule has 0 bridgehead atoms. The second-order valence-corrected chi connectivity index (χ2v) is 12.4. The van der Waals surface area contributed by atoms with Gasteiger partial charge in [-0.2, -0.15) is 0 Å². The van der Waals surface area contributed by atoms with Crippen molar-refractivity contribution >= 4 is 11.9 Å². The molecule has 0 radical (unpaired) electrons. The number of rotatable bonds is 1. The molecule has 5 heterocycles. The van der Waals surface area contributed by atoms with Crippen molar-refractivity contribution in [1.29, 1.82) is 0 Å². The number of cyclic esters (lactones) is 2. The molecule has 2 aliphatic carbocycles. The second kappa shape index (κ2) is 6.08. The van der Waals surface area contributed by atoms with Gasteiger partial charge in [0.15, 0.2) is 6.10 Å². The van der Waals surface area contributed by atoms with Crippen molar-refractivity contribution in [1.82, 2.24) is 0 Å². The molecular formula is C26H32O8. The summed E-state index contributed by atoms with van der Waals surface area (Å²) in [5.41, 5.74) is -2.27. The van der Waals surface area contributed by atoms with Crippen molar-refractivity contribution in [2.45, 2.75) is 89.0 Å². The van der Waals surface area contributed by atoms with Crippen molar-refractivity contribution in [2.24, 2.45) is 28.1 Å². The van der Waals surface area contributed by atoms with E-state index < -0.39 is 45.8 Å². The Balaban J connectivity index is 1.40. The van der Waals surface area contributed by atoms with E-state index in [1.54, 1.807) is 12.5 Å². The fraction of sp³-hybridized carbons (Fsp3) is 0.769. The van der Waals surface area contributed by atoms with Gasteiger partial charge in [0.2, 0.25) is 0 Å². The minimum atomic E-state index is -0.877. The molecule has 6 fully saturated rings. The lowest BCUT2D eigenvalue weighted by Gasteiger charge is -2.67. The summed E-state index contributed by atoms with van der Waals surface area (Å²) >= 11 is 0. The average Bonchev–Trinajstić information content (AvgIpc) is 3.26. The molecule has 1 aromatic rings. The molecule has 6 aliphatic rings. The van der Waals surface area contributed by atoms with Gasteiger partial charge in [0.05, 0.1) is 36.8 Å². The number of hydrogen-bond acceptors (Lipinski definition) is 8. The van der Waals surface area contributed by atoms with Gasteiger partial charge in [-0.15, -0.1) is 0 Å². The van der Waals surface area contributed by atoms with Crippen LogP contribution in [0.4, 0.5) is 0 Å². The van der Waals surface area contributed by atoms with Crippen LogP contribution in [0.25, 0.3) is 0 Å². The van der Waals surface area contributed by atoms with Crippen LogP contribution in [0.2, 0.25) is 0 Å². The standard InChI is InChI=1S/C26H32O8/c1-22(2)15-9-16(27)24(4)14(25(15)12-31-18(28)10-17(25)33-22)5-7-23(3)19(13-6-8-30-11-13)32-21(29)20-26(23,24)34-20/h6,8,11,14-17,19-20,27H,5,7,9-10,12H2,1-4H3/t14-,15-,16?,17-,19?,20?,23-,24-,25+,26+/m0/s1. The van der Waals surface area contributed by atoms with E-state index in [2.05, 4.69) is 27.7 Å². The average molecular weight is 473 g/mol. The highest BCUT2D eigenvalue weighted by atomic mass is 16.7. The van der Waals surface area contributed by atoms with Crippen LogP contribution in [0.3, 0.4) is 0 Å². The third-order valence-corrected chi connectivity index (χ3v) is 11.0. The summed E-state index contributed by atoms with van der Waals surface area (Å²) in [5, 5.41) is 11.9. The van der Waals surface area contributed by atoms with Gasteiger partial charge in [0, 0.05) is 27.7 Å². The first-order valence-corrected chi connectivity index (χ1v) is 12.4. The topological polar surface area (TPSA) is 108 Å². The predicted molar refractivity (Wildman–Crippen MR) is 115 cm³/mol. The summed E-state index contributed by atoms with van der Waals surface area (Å²) in [6.07, 6.45) is 3.27. The number of epoxide rings is 1. The van der Waals surface area contributed by atoms with Crippen molar-refractivity contribution in [2.75, 3.05) is 6.61 Å². The molecule has 34 heavy (non-hydrogen) atoms. The molecule has 0 aromatic carbocycles. The van der Waals surface area contributed by atoms with E-state index in [0.29, 0.717) is 6.42 Å². The maximum atomic E-state index is 13.2. The molecule has 2 saturated carbocycles. The number of hydrogen-bond donors (Lipinski definition) is 1. The highest BCUT2D eigenvalue weighted by Gasteiger charge is 2.89. The third kappa shape index (κ3) is 2.07. The monoisotopic (exact) mass is 472 g/mol. The zero-order valence-electron chi connectivity index (χ0n) is 20.0. The predicted octanol–water partition coefficient (Wildman–Crippen LogP) is 2.93. The lowest BCUT2D eigenvalue weighted by Crippen LogP contribution is -2.73. The van der Waals surface area contributed by atoms with E-state index in [-0.39, 0.29) is 42.9 Å². The van der Waals surface area contributed by atoms with E-state index in [0.717, 1.165) is 18.4 Å². The Kier molecular flexibility index (Phi) is 3.82. The first-order chi connectivity index (χ1) is 16.0. The van der Waals surface area contributed by atoms with Crippen LogP contribution in [0.1, 0.15) is 65.0 Å². The number of carbonyl (C=O) groups excluding carboxylic acids is 2. The van der Waals surface area contributed by atoms with Crippen LogP contribution in [-0.2, 0) is 28.5 Å². The van der Waals surface area contributed by atoms with Crippen LogP contribution >= 0.6 is 0 Å². The van der Waals surface area contributed by atoms with E-state index in [1.807, 2.05) is 6.07 Å². The lowest BCUT2D eigenvalue weighted by molar-refractivity contribution is -0.261. The minimum absolute atomic E-state index is 0.0318. The van der Waals surface area contributed by atoms with Gasteiger partial charge in [0.1, 0.15) is 18.3 Å². The Bertz CT molecular complexity index is 1080. The summed E-state index contributed by atoms with van der Waals surface area (Å²) < 4.78 is 30.0. The Morgan fingerprint density at radius 2 is 1.85 bits per heavy atom. The highest BCUT2D eigenvalue weighted by Crippen LogP contribution is 2.80. The van der Waals surface area contributed by atoms with Gasteiger partial charge in [-0.1, -0.05) is 13.8 Å². The molecule has 3 unspecified atom stereocenters. The molecular weight excluding hydrogens is 440 g/mol. The van der Waals surface area contributed by atoms with Crippen LogP contribution in [-0.4, -0.2) is 53.2 Å². The van der Waals surface area contributed by atoms with E-state index >= 15 is 0 Å². The van der Waals surface area contributed by atoms with Crippen LogP contribution in [0.15, 0.2) is 23.0 Å². The first-order valence-electron chi connectivity index (χ1n) is 12.4. The second-order valence-electron chi connectivity index (χ2n) is 12.4. The smallest absolute Gasteiger partial charge is 0.339 e. The lowest BCUT2D eigenvalue weighted by atomic mass is 9.36. The Morgan fingerprint density at radius 1 is 1.06 bits per heavy atom. The Morgan fingerprint density at radius 3 is 2.59 bits per heavy atom. The largest absolute Gasteiger partial charge is 0.472 e. The van der Waals surface area contributed by atoms with Crippen LogP contribution in [0, 0.1) is 28.1 Å². The van der Waals surface area contributed by atoms with Crippen LogP contribution in [0.5, 0.6) is 0 Å². The van der Waals surface area contributed by atoms with E-state index in [4.69, 9.17) is 23.4 Å². The first kappa shape index (κ1) is 21.4. The normalized spacial score (nSPS) is 54.5. The van der Waals surface area contributed by atoms with Gasteiger partial charge in [-0.3, -0.25) is 4.79 Å². The molecule has 4 aliphatic heterocycles. The van der Waals surface area contributed by atoms with E-state index in [9.17, 15) is 14.7 Å². The summed E-state index contributed by atoms with van der Waals surface area (Å²) in [6.45, 7) is 8.63. The molecule has 4 saturated heterocycles. The number of carbonyl (C=O) groups is 2. The summed E-state index contributed by atoms with van der Waals surface area (Å²) in [4.78, 5) is 25.5. The maximum Gasteiger partial charge on any atom is 0.339 e. The van der Waals surface area contributed by atoms with Gasteiger partial charge in [-0.05, 0) is 45.1 Å². The zero-order valence-corrected chi connectivity index (χ0v) is 20.0. The number of ether oxygens (including phenoxy) is 4. The van der Waals surface area contributed by atoms with Crippen molar-refractivity contribution in [3.05, 3.63) is 24.2 Å². The van der Waals surface area contributed by atoms with Gasteiger partial charge in [0.25, 0.3) is 0 Å². The van der Waals surface area contributed by atoms with E-state index in [1.165, 1.54) is 0 Å². The summed E-state index contributed by atoms with van der Waals surface area (Å²) in [7, 11) is 0. The fourth-order valence-electron chi connectivity index (χ4n) is 9.62. The zero-order chi connectivity index (χ0) is 23.9. The molecule has 1 aromatic heterocycles. The van der Waals surface area contributed by atoms with Crippen molar-refractivity contribution in [3.8, 4) is 0 Å². The quantitative estimate of drug-likeness (QED) is 0.491. The molecule has 10 atom stereocenters. The number of aliphatic hydroxyl groups is 1. The fourth-order valence-corrected chi connectivity index (χ4v) is 9.62. The number of aliphatic hydroxyl groups excluding tert-OH is 1. The maximum absolute atomic E-state index is 13.2.